The fourth-order valence-corrected chi connectivity index (χ4v) is 2.46. The molecular weight excluding hydrogens is 278 g/mol. The highest BCUT2D eigenvalue weighted by Crippen LogP contribution is 2.09. The third-order valence-electron chi connectivity index (χ3n) is 2.83. The highest BCUT2D eigenvalue weighted by molar-refractivity contribution is 7.92. The fraction of sp³-hybridized carbons (Fsp3) is 0.429. The molecule has 1 aromatic rings. The molecule has 0 spiro atoms. The number of ether oxygens (including phenoxy) is 2. The molecule has 0 saturated heterocycles. The van der Waals surface area contributed by atoms with Crippen LogP contribution in [0.1, 0.15) is 12.5 Å². The van der Waals surface area contributed by atoms with Crippen LogP contribution in [0.2, 0.25) is 0 Å². The molecule has 1 aromatic carbocycles. The minimum absolute atomic E-state index is 0.138. The molecule has 0 aliphatic rings. The third kappa shape index (κ3) is 5.83. The van der Waals surface area contributed by atoms with E-state index in [1.807, 2.05) is 30.3 Å². The van der Waals surface area contributed by atoms with Gasteiger partial charge in [0.05, 0.1) is 6.61 Å². The van der Waals surface area contributed by atoms with Crippen LogP contribution in [0.4, 0.5) is 0 Å². The van der Waals surface area contributed by atoms with Gasteiger partial charge in [-0.25, -0.2) is 13.1 Å². The molecule has 0 unspecified atom stereocenters. The van der Waals surface area contributed by atoms with Crippen molar-refractivity contribution in [3.63, 3.8) is 0 Å². The molecule has 0 saturated carbocycles. The van der Waals surface area contributed by atoms with Crippen LogP contribution in [-0.4, -0.2) is 41.4 Å². The molecule has 0 amide bonds. The van der Waals surface area contributed by atoms with E-state index >= 15 is 0 Å². The first-order valence-electron chi connectivity index (χ1n) is 6.18. The van der Waals surface area contributed by atoms with Gasteiger partial charge >= 0.3 is 0 Å². The molecule has 0 radical (unpaired) electrons. The number of hydrogen-bond acceptors (Lipinski definition) is 4. The standard InChI is InChI=1S/C14H21NO4S/c1-14(19-3,12-18-2)11-15-20(16,17)10-9-13-7-5-4-6-8-13/h4-10,15H,11-12H2,1-3H3/b10-9+/t14-/m1/s1. The molecule has 5 nitrogen and oxygen atoms in total. The highest BCUT2D eigenvalue weighted by atomic mass is 32.2. The van der Waals surface area contributed by atoms with E-state index in [0.717, 1.165) is 11.0 Å². The SMILES string of the molecule is COC[C@@](C)(CNS(=O)(=O)/C=C/c1ccccc1)OC. The van der Waals surface area contributed by atoms with Gasteiger partial charge in [-0.3, -0.25) is 0 Å². The summed E-state index contributed by atoms with van der Waals surface area (Å²) in [5.74, 6) is 0. The van der Waals surface area contributed by atoms with Gasteiger partial charge in [0.2, 0.25) is 10.0 Å². The lowest BCUT2D eigenvalue weighted by Crippen LogP contribution is -2.44. The largest absolute Gasteiger partial charge is 0.382 e. The van der Waals surface area contributed by atoms with Gasteiger partial charge in [-0.2, -0.15) is 0 Å². The van der Waals surface area contributed by atoms with Crippen molar-refractivity contribution in [2.75, 3.05) is 27.4 Å². The van der Waals surface area contributed by atoms with Crippen molar-refractivity contribution in [3.05, 3.63) is 41.3 Å². The first-order chi connectivity index (χ1) is 9.41. The first kappa shape index (κ1) is 16.8. The van der Waals surface area contributed by atoms with Crippen LogP contribution in [0.25, 0.3) is 6.08 Å². The molecule has 6 heteroatoms. The van der Waals surface area contributed by atoms with Gasteiger partial charge in [0, 0.05) is 26.2 Å². The lowest BCUT2D eigenvalue weighted by Gasteiger charge is -2.26. The van der Waals surface area contributed by atoms with Crippen LogP contribution in [0.5, 0.6) is 0 Å². The molecule has 0 heterocycles. The van der Waals surface area contributed by atoms with E-state index in [2.05, 4.69) is 4.72 Å². The molecule has 1 N–H and O–H groups in total. The summed E-state index contributed by atoms with van der Waals surface area (Å²) in [5, 5.41) is 1.14. The summed E-state index contributed by atoms with van der Waals surface area (Å²) in [6.07, 6.45) is 1.54. The van der Waals surface area contributed by atoms with Crippen LogP contribution in [-0.2, 0) is 19.5 Å². The van der Waals surface area contributed by atoms with E-state index in [0.29, 0.717) is 6.61 Å². The second kappa shape index (κ2) is 7.54. The number of methoxy groups -OCH3 is 2. The Morgan fingerprint density at radius 2 is 1.90 bits per heavy atom. The van der Waals surface area contributed by atoms with Crippen molar-refractivity contribution >= 4 is 16.1 Å². The quantitative estimate of drug-likeness (QED) is 0.792. The molecule has 0 aromatic heterocycles. The normalized spacial score (nSPS) is 15.3. The van der Waals surface area contributed by atoms with E-state index in [9.17, 15) is 8.42 Å². The summed E-state index contributed by atoms with van der Waals surface area (Å²) in [7, 11) is -0.444. The van der Waals surface area contributed by atoms with Gasteiger partial charge in [0.25, 0.3) is 0 Å². The lowest BCUT2D eigenvalue weighted by molar-refractivity contribution is -0.0460. The Morgan fingerprint density at radius 1 is 1.25 bits per heavy atom. The Labute approximate surface area is 120 Å². The summed E-state index contributed by atoms with van der Waals surface area (Å²) in [4.78, 5) is 0. The zero-order valence-corrected chi connectivity index (χ0v) is 12.8. The first-order valence-corrected chi connectivity index (χ1v) is 7.72. The van der Waals surface area contributed by atoms with Crippen LogP contribution in [0, 0.1) is 0 Å². The average Bonchev–Trinajstić information content (AvgIpc) is 2.45. The van der Waals surface area contributed by atoms with E-state index in [-0.39, 0.29) is 6.54 Å². The van der Waals surface area contributed by atoms with E-state index in [4.69, 9.17) is 9.47 Å². The fourth-order valence-electron chi connectivity index (χ4n) is 1.52. The van der Waals surface area contributed by atoms with Gasteiger partial charge in [-0.1, -0.05) is 30.3 Å². The molecular formula is C14H21NO4S. The topological polar surface area (TPSA) is 64.6 Å². The number of hydrogen-bond donors (Lipinski definition) is 1. The van der Waals surface area contributed by atoms with Crippen molar-refractivity contribution in [2.24, 2.45) is 0 Å². The molecule has 20 heavy (non-hydrogen) atoms. The van der Waals surface area contributed by atoms with Crippen LogP contribution in [0.3, 0.4) is 0 Å². The monoisotopic (exact) mass is 299 g/mol. The van der Waals surface area contributed by atoms with Gasteiger partial charge < -0.3 is 9.47 Å². The number of rotatable bonds is 8. The predicted molar refractivity (Wildman–Crippen MR) is 79.7 cm³/mol. The molecule has 0 aliphatic carbocycles. The minimum atomic E-state index is -3.51. The number of nitrogens with one attached hydrogen (secondary N) is 1. The molecule has 1 atom stereocenters. The second-order valence-electron chi connectivity index (χ2n) is 4.67. The second-order valence-corrected chi connectivity index (χ2v) is 6.32. The maximum Gasteiger partial charge on any atom is 0.233 e. The molecule has 0 bridgehead atoms. The Kier molecular flexibility index (Phi) is 6.35. The zero-order valence-electron chi connectivity index (χ0n) is 12.0. The Balaban J connectivity index is 2.64. The summed E-state index contributed by atoms with van der Waals surface area (Å²) in [6.45, 7) is 2.22. The third-order valence-corrected chi connectivity index (χ3v) is 3.87. The number of benzene rings is 1. The van der Waals surface area contributed by atoms with Crippen molar-refractivity contribution in [3.8, 4) is 0 Å². The van der Waals surface area contributed by atoms with E-state index in [1.54, 1.807) is 20.1 Å². The zero-order chi connectivity index (χ0) is 15.1. The number of sulfonamides is 1. The average molecular weight is 299 g/mol. The summed E-state index contributed by atoms with van der Waals surface area (Å²) in [6, 6.07) is 9.23. The Morgan fingerprint density at radius 3 is 2.45 bits per heavy atom. The predicted octanol–water partition coefficient (Wildman–Crippen LogP) is 1.63. The van der Waals surface area contributed by atoms with E-state index in [1.165, 1.54) is 7.11 Å². The Hall–Kier alpha value is -1.21. The van der Waals surface area contributed by atoms with Crippen molar-refractivity contribution < 1.29 is 17.9 Å². The van der Waals surface area contributed by atoms with Gasteiger partial charge in [0.15, 0.2) is 0 Å². The highest BCUT2D eigenvalue weighted by Gasteiger charge is 2.25. The van der Waals surface area contributed by atoms with Crippen molar-refractivity contribution in [1.82, 2.24) is 4.72 Å². The van der Waals surface area contributed by atoms with Crippen LogP contribution in [0.15, 0.2) is 35.7 Å². The summed E-state index contributed by atoms with van der Waals surface area (Å²) < 4.78 is 36.5. The van der Waals surface area contributed by atoms with Crippen molar-refractivity contribution in [2.45, 2.75) is 12.5 Å². The summed E-state index contributed by atoms with van der Waals surface area (Å²) in [5.41, 5.74) is 0.131. The minimum Gasteiger partial charge on any atom is -0.382 e. The molecule has 1 rings (SSSR count). The smallest absolute Gasteiger partial charge is 0.233 e. The van der Waals surface area contributed by atoms with Gasteiger partial charge in [-0.05, 0) is 18.6 Å². The van der Waals surface area contributed by atoms with Crippen LogP contribution < -0.4 is 4.72 Å². The van der Waals surface area contributed by atoms with Gasteiger partial charge in [0.1, 0.15) is 5.60 Å². The lowest BCUT2D eigenvalue weighted by atomic mass is 10.1. The maximum absolute atomic E-state index is 11.9. The van der Waals surface area contributed by atoms with Gasteiger partial charge in [-0.15, -0.1) is 0 Å². The van der Waals surface area contributed by atoms with Crippen molar-refractivity contribution in [1.29, 1.82) is 0 Å². The summed E-state index contributed by atoms with van der Waals surface area (Å²) >= 11 is 0. The Bertz CT molecular complexity index is 527. The molecule has 112 valence electrons. The molecule has 0 fully saturated rings. The maximum atomic E-state index is 11.9. The van der Waals surface area contributed by atoms with E-state index < -0.39 is 15.6 Å². The van der Waals surface area contributed by atoms with Crippen LogP contribution >= 0.6 is 0 Å². The molecule has 0 aliphatic heterocycles.